The highest BCUT2D eigenvalue weighted by molar-refractivity contribution is 6.50. The SMILES string of the molecule is Fc1ccc(C2=Nc3ncnn3C2=NCc2ccccc2)cc1. The molecule has 5 nitrogen and oxygen atoms in total. The highest BCUT2D eigenvalue weighted by atomic mass is 19.1. The molecule has 1 aliphatic heterocycles. The van der Waals surface area contributed by atoms with Gasteiger partial charge in [0.25, 0.3) is 5.95 Å². The van der Waals surface area contributed by atoms with E-state index in [-0.39, 0.29) is 5.82 Å². The number of aromatic nitrogens is 3. The Bertz CT molecular complexity index is 894. The minimum atomic E-state index is -0.286. The number of benzene rings is 2. The lowest BCUT2D eigenvalue weighted by Gasteiger charge is -2.05. The van der Waals surface area contributed by atoms with Gasteiger partial charge in [0.1, 0.15) is 17.9 Å². The van der Waals surface area contributed by atoms with E-state index in [1.54, 1.807) is 16.8 Å². The summed E-state index contributed by atoms with van der Waals surface area (Å²) in [4.78, 5) is 13.2. The van der Waals surface area contributed by atoms with Gasteiger partial charge in [-0.25, -0.2) is 9.38 Å². The zero-order valence-electron chi connectivity index (χ0n) is 12.1. The Morgan fingerprint density at radius 2 is 1.78 bits per heavy atom. The van der Waals surface area contributed by atoms with Crippen LogP contribution in [0.25, 0.3) is 0 Å². The molecule has 0 spiro atoms. The molecule has 3 aromatic rings. The normalized spacial score (nSPS) is 14.8. The van der Waals surface area contributed by atoms with Crippen LogP contribution in [0.1, 0.15) is 11.1 Å². The van der Waals surface area contributed by atoms with Gasteiger partial charge in [-0.3, -0.25) is 4.99 Å². The summed E-state index contributed by atoms with van der Waals surface area (Å²) in [6.07, 6.45) is 1.44. The molecule has 6 heteroatoms. The van der Waals surface area contributed by atoms with Gasteiger partial charge in [-0.2, -0.15) is 14.8 Å². The summed E-state index contributed by atoms with van der Waals surface area (Å²) in [5.74, 6) is 0.815. The first-order chi connectivity index (χ1) is 11.3. The molecule has 0 unspecified atom stereocenters. The molecule has 4 rings (SSSR count). The van der Waals surface area contributed by atoms with Gasteiger partial charge in [-0.05, 0) is 29.8 Å². The molecule has 0 saturated heterocycles. The molecule has 2 heterocycles. The van der Waals surface area contributed by atoms with Crippen LogP contribution >= 0.6 is 0 Å². The van der Waals surface area contributed by atoms with Crippen molar-refractivity contribution in [1.82, 2.24) is 14.8 Å². The van der Waals surface area contributed by atoms with Gasteiger partial charge in [0.15, 0.2) is 5.84 Å². The maximum atomic E-state index is 13.1. The third-order valence-electron chi connectivity index (χ3n) is 3.53. The minimum absolute atomic E-state index is 0.286. The van der Waals surface area contributed by atoms with Crippen molar-refractivity contribution in [2.24, 2.45) is 9.98 Å². The Hall–Kier alpha value is -3.15. The van der Waals surface area contributed by atoms with Crippen molar-refractivity contribution in [1.29, 1.82) is 0 Å². The number of halogens is 1. The lowest BCUT2D eigenvalue weighted by molar-refractivity contribution is 0.628. The molecule has 1 aliphatic rings. The third kappa shape index (κ3) is 2.55. The fourth-order valence-corrected chi connectivity index (χ4v) is 2.40. The van der Waals surface area contributed by atoms with E-state index < -0.39 is 0 Å². The number of hydrogen-bond acceptors (Lipinski definition) is 4. The first kappa shape index (κ1) is 13.5. The molecular formula is C17H12FN5. The van der Waals surface area contributed by atoms with E-state index in [1.807, 2.05) is 30.3 Å². The van der Waals surface area contributed by atoms with E-state index >= 15 is 0 Å². The molecule has 0 N–H and O–H groups in total. The standard InChI is InChI=1S/C17H12FN5/c18-14-8-6-13(7-9-14)15-16(23-17(22-15)20-11-21-23)19-10-12-4-2-1-3-5-12/h1-9,11H,10H2. The highest BCUT2D eigenvalue weighted by Gasteiger charge is 2.25. The van der Waals surface area contributed by atoms with Crippen LogP contribution in [-0.2, 0) is 6.54 Å². The van der Waals surface area contributed by atoms with Crippen molar-refractivity contribution < 1.29 is 4.39 Å². The first-order valence-corrected chi connectivity index (χ1v) is 7.15. The number of nitrogens with zero attached hydrogens (tertiary/aromatic N) is 5. The van der Waals surface area contributed by atoms with Gasteiger partial charge < -0.3 is 0 Å². The average Bonchev–Trinajstić information content (AvgIpc) is 3.16. The Morgan fingerprint density at radius 3 is 2.57 bits per heavy atom. The van der Waals surface area contributed by atoms with Crippen LogP contribution in [0.4, 0.5) is 10.3 Å². The average molecular weight is 305 g/mol. The summed E-state index contributed by atoms with van der Waals surface area (Å²) in [5, 5.41) is 4.17. The highest BCUT2D eigenvalue weighted by Crippen LogP contribution is 2.20. The molecule has 0 bridgehead atoms. The molecule has 0 atom stereocenters. The molecule has 0 aliphatic carbocycles. The second-order valence-electron chi connectivity index (χ2n) is 5.06. The maximum Gasteiger partial charge on any atom is 0.254 e. The molecule has 23 heavy (non-hydrogen) atoms. The van der Waals surface area contributed by atoms with E-state index in [4.69, 9.17) is 0 Å². The van der Waals surface area contributed by atoms with Gasteiger partial charge in [-0.15, -0.1) is 0 Å². The Labute approximate surface area is 131 Å². The fraction of sp³-hybridized carbons (Fsp3) is 0.0588. The Morgan fingerprint density at radius 1 is 1.00 bits per heavy atom. The topological polar surface area (TPSA) is 55.4 Å². The van der Waals surface area contributed by atoms with Crippen LogP contribution in [0.5, 0.6) is 0 Å². The van der Waals surface area contributed by atoms with Crippen LogP contribution in [0.2, 0.25) is 0 Å². The van der Waals surface area contributed by atoms with Crippen LogP contribution in [-0.4, -0.2) is 26.3 Å². The Kier molecular flexibility index (Phi) is 3.27. The second-order valence-corrected chi connectivity index (χ2v) is 5.06. The summed E-state index contributed by atoms with van der Waals surface area (Å²) in [5.41, 5.74) is 2.52. The van der Waals surface area contributed by atoms with E-state index in [0.717, 1.165) is 11.1 Å². The van der Waals surface area contributed by atoms with Gasteiger partial charge in [-0.1, -0.05) is 30.3 Å². The molecule has 2 aromatic carbocycles. The van der Waals surface area contributed by atoms with Crippen molar-refractivity contribution in [3.63, 3.8) is 0 Å². The largest absolute Gasteiger partial charge is 0.260 e. The molecule has 0 saturated carbocycles. The number of aliphatic imine (C=N–C) groups is 2. The van der Waals surface area contributed by atoms with Crippen LogP contribution in [0, 0.1) is 5.82 Å². The predicted molar refractivity (Wildman–Crippen MR) is 85.6 cm³/mol. The molecule has 1 aromatic heterocycles. The number of rotatable bonds is 3. The summed E-state index contributed by atoms with van der Waals surface area (Å²) >= 11 is 0. The van der Waals surface area contributed by atoms with Crippen molar-refractivity contribution >= 4 is 17.5 Å². The molecule has 0 fully saturated rings. The summed E-state index contributed by atoms with van der Waals surface area (Å²) in [7, 11) is 0. The van der Waals surface area contributed by atoms with Crippen molar-refractivity contribution in [2.45, 2.75) is 6.54 Å². The van der Waals surface area contributed by atoms with Gasteiger partial charge >= 0.3 is 0 Å². The minimum Gasteiger partial charge on any atom is -0.260 e. The number of fused-ring (bicyclic) bond motifs is 1. The van der Waals surface area contributed by atoms with Crippen LogP contribution in [0.3, 0.4) is 0 Å². The number of hydrogen-bond donors (Lipinski definition) is 0. The van der Waals surface area contributed by atoms with Gasteiger partial charge in [0, 0.05) is 5.56 Å². The predicted octanol–water partition coefficient (Wildman–Crippen LogP) is 3.00. The molecule has 0 amide bonds. The summed E-state index contributed by atoms with van der Waals surface area (Å²) in [6, 6.07) is 16.1. The lowest BCUT2D eigenvalue weighted by atomic mass is 10.1. The van der Waals surface area contributed by atoms with Crippen molar-refractivity contribution in [3.05, 3.63) is 77.9 Å². The van der Waals surface area contributed by atoms with Crippen molar-refractivity contribution in [2.75, 3.05) is 0 Å². The fourth-order valence-electron chi connectivity index (χ4n) is 2.40. The zero-order valence-corrected chi connectivity index (χ0v) is 12.1. The van der Waals surface area contributed by atoms with E-state index in [0.29, 0.717) is 24.0 Å². The summed E-state index contributed by atoms with van der Waals surface area (Å²) in [6.45, 7) is 0.510. The van der Waals surface area contributed by atoms with E-state index in [1.165, 1.54) is 18.5 Å². The third-order valence-corrected chi connectivity index (χ3v) is 3.53. The lowest BCUT2D eigenvalue weighted by Crippen LogP contribution is -2.20. The monoisotopic (exact) mass is 305 g/mol. The molecule has 112 valence electrons. The van der Waals surface area contributed by atoms with Crippen molar-refractivity contribution in [3.8, 4) is 0 Å². The van der Waals surface area contributed by atoms with Gasteiger partial charge in [0.2, 0.25) is 0 Å². The smallest absolute Gasteiger partial charge is 0.254 e. The molecule has 0 radical (unpaired) electrons. The van der Waals surface area contributed by atoms with Gasteiger partial charge in [0.05, 0.1) is 6.54 Å². The summed E-state index contributed by atoms with van der Waals surface area (Å²) < 4.78 is 14.7. The van der Waals surface area contributed by atoms with E-state index in [9.17, 15) is 4.39 Å². The van der Waals surface area contributed by atoms with Crippen LogP contribution < -0.4 is 0 Å². The van der Waals surface area contributed by atoms with Crippen LogP contribution in [0.15, 0.2) is 70.9 Å². The second kappa shape index (κ2) is 5.57. The zero-order chi connectivity index (χ0) is 15.6. The first-order valence-electron chi connectivity index (χ1n) is 7.15. The molecular weight excluding hydrogens is 293 g/mol. The quantitative estimate of drug-likeness (QED) is 0.747. The Balaban J connectivity index is 1.73. The van der Waals surface area contributed by atoms with E-state index in [2.05, 4.69) is 20.1 Å². The maximum absolute atomic E-state index is 13.1.